The Morgan fingerprint density at radius 3 is 1.82 bits per heavy atom. The van der Waals surface area contributed by atoms with E-state index in [1.165, 1.54) is 25.7 Å². The van der Waals surface area contributed by atoms with Crippen LogP contribution >= 0.6 is 0 Å². The van der Waals surface area contributed by atoms with Crippen LogP contribution in [-0.2, 0) is 0 Å². The van der Waals surface area contributed by atoms with Crippen LogP contribution in [-0.4, -0.2) is 0 Å². The molecule has 2 N–H and O–H groups in total. The highest BCUT2D eigenvalue weighted by Gasteiger charge is 1.99. The summed E-state index contributed by atoms with van der Waals surface area (Å²) in [6.07, 6.45) is 8.49. The highest BCUT2D eigenvalue weighted by Crippen LogP contribution is 2.14. The number of anilines is 2. The Bertz CT molecular complexity index is 503. The van der Waals surface area contributed by atoms with Crippen LogP contribution in [0.2, 0.25) is 0 Å². The van der Waals surface area contributed by atoms with Gasteiger partial charge >= 0.3 is 0 Å². The first-order valence-electron chi connectivity index (χ1n) is 8.23. The minimum absolute atomic E-state index is 1.05. The van der Waals surface area contributed by atoms with E-state index in [2.05, 4.69) is 47.9 Å². The third kappa shape index (κ3) is 6.04. The molecule has 0 saturated carbocycles. The van der Waals surface area contributed by atoms with E-state index in [-0.39, 0.29) is 0 Å². The van der Waals surface area contributed by atoms with Crippen LogP contribution in [0.5, 0.6) is 0 Å². The van der Waals surface area contributed by atoms with Gasteiger partial charge in [-0.1, -0.05) is 62.6 Å². The van der Waals surface area contributed by atoms with Gasteiger partial charge in [-0.3, -0.25) is 0 Å². The molecule has 0 spiro atoms. The van der Waals surface area contributed by atoms with Gasteiger partial charge in [-0.25, -0.2) is 0 Å². The fraction of sp³-hybridized carbons (Fsp3) is 0.300. The molecule has 0 unspecified atom stereocenters. The molecule has 0 fully saturated rings. The normalized spacial score (nSPS) is 10.0. The maximum Gasteiger partial charge on any atom is 0.103 e. The number of benzene rings is 2. The van der Waals surface area contributed by atoms with Gasteiger partial charge in [0.1, 0.15) is 5.82 Å². The number of rotatable bonds is 9. The third-order valence-corrected chi connectivity index (χ3v) is 3.51. The Morgan fingerprint density at radius 2 is 1.32 bits per heavy atom. The molecule has 0 aliphatic rings. The number of nitrogens with one attached hydrogen (secondary N) is 2. The Labute approximate surface area is 134 Å². The van der Waals surface area contributed by atoms with Gasteiger partial charge in [0.2, 0.25) is 0 Å². The van der Waals surface area contributed by atoms with Crippen LogP contribution in [0.4, 0.5) is 11.4 Å². The second kappa shape index (κ2) is 9.67. The second-order valence-corrected chi connectivity index (χ2v) is 5.45. The molecule has 0 atom stereocenters. The fourth-order valence-electron chi connectivity index (χ4n) is 2.30. The van der Waals surface area contributed by atoms with Crippen LogP contribution in [0, 0.1) is 0 Å². The van der Waals surface area contributed by atoms with E-state index in [1.54, 1.807) is 0 Å². The van der Waals surface area contributed by atoms with Crippen molar-refractivity contribution in [1.29, 1.82) is 0 Å². The van der Waals surface area contributed by atoms with E-state index < -0.39 is 0 Å². The summed E-state index contributed by atoms with van der Waals surface area (Å²) in [6, 6.07) is 20.6. The summed E-state index contributed by atoms with van der Waals surface area (Å²) >= 11 is 0. The summed E-state index contributed by atoms with van der Waals surface area (Å²) in [5.41, 5.74) is 2.21. The minimum atomic E-state index is 1.05. The second-order valence-electron chi connectivity index (χ2n) is 5.45. The lowest BCUT2D eigenvalue weighted by molar-refractivity contribution is 0.673. The monoisotopic (exact) mass is 294 g/mol. The molecular formula is C20H26N2. The summed E-state index contributed by atoms with van der Waals surface area (Å²) in [4.78, 5) is 0. The van der Waals surface area contributed by atoms with Crippen molar-refractivity contribution in [1.82, 2.24) is 0 Å². The molecule has 2 heteroatoms. The molecule has 22 heavy (non-hydrogen) atoms. The van der Waals surface area contributed by atoms with Crippen LogP contribution < -0.4 is 10.6 Å². The topological polar surface area (TPSA) is 24.1 Å². The average Bonchev–Trinajstić information content (AvgIpc) is 2.56. The lowest BCUT2D eigenvalue weighted by Gasteiger charge is -2.14. The number of para-hydroxylation sites is 2. The highest BCUT2D eigenvalue weighted by atomic mass is 15.1. The lowest BCUT2D eigenvalue weighted by Crippen LogP contribution is -2.09. The van der Waals surface area contributed by atoms with E-state index in [0.29, 0.717) is 0 Å². The van der Waals surface area contributed by atoms with Crippen LogP contribution in [0.15, 0.2) is 72.6 Å². The number of hydrogen-bond acceptors (Lipinski definition) is 2. The number of unbranched alkanes of at least 4 members (excludes halogenated alkanes) is 4. The molecule has 116 valence electrons. The molecule has 0 heterocycles. The molecule has 0 saturated heterocycles. The molecule has 2 nitrogen and oxygen atoms in total. The van der Waals surface area contributed by atoms with E-state index in [1.807, 2.05) is 36.4 Å². The van der Waals surface area contributed by atoms with Crippen molar-refractivity contribution < 1.29 is 0 Å². The zero-order valence-electron chi connectivity index (χ0n) is 13.4. The molecule has 2 aromatic rings. The van der Waals surface area contributed by atoms with Crippen molar-refractivity contribution in [2.45, 2.75) is 39.0 Å². The standard InChI is InChI=1S/C20H26N2/c1-2-3-4-5-12-17-20(21-18-13-8-6-9-14-18)22-19-15-10-7-11-16-19/h6-11,13-17,21-22H,2-5,12H2,1H3. The summed E-state index contributed by atoms with van der Waals surface area (Å²) in [6.45, 7) is 2.25. The fourth-order valence-corrected chi connectivity index (χ4v) is 2.30. The molecule has 2 rings (SSSR count). The Balaban J connectivity index is 1.98. The van der Waals surface area contributed by atoms with E-state index in [4.69, 9.17) is 0 Å². The molecule has 0 amide bonds. The smallest absolute Gasteiger partial charge is 0.103 e. The van der Waals surface area contributed by atoms with Crippen molar-refractivity contribution in [3.05, 3.63) is 72.6 Å². The molecule has 0 aromatic heterocycles. The lowest BCUT2D eigenvalue weighted by atomic mass is 10.1. The van der Waals surface area contributed by atoms with E-state index in [9.17, 15) is 0 Å². The Hall–Kier alpha value is -2.22. The van der Waals surface area contributed by atoms with E-state index >= 15 is 0 Å². The quantitative estimate of drug-likeness (QED) is 0.552. The maximum absolute atomic E-state index is 3.47. The Kier molecular flexibility index (Phi) is 7.10. The molecule has 0 radical (unpaired) electrons. The number of allylic oxidation sites excluding steroid dienone is 1. The molecule has 0 aliphatic heterocycles. The van der Waals surface area contributed by atoms with Gasteiger partial charge in [-0.05, 0) is 43.2 Å². The van der Waals surface area contributed by atoms with Crippen LogP contribution in [0.3, 0.4) is 0 Å². The van der Waals surface area contributed by atoms with Crippen molar-refractivity contribution >= 4 is 11.4 Å². The largest absolute Gasteiger partial charge is 0.342 e. The van der Waals surface area contributed by atoms with Crippen molar-refractivity contribution in [3.63, 3.8) is 0 Å². The van der Waals surface area contributed by atoms with Crippen molar-refractivity contribution in [2.24, 2.45) is 0 Å². The highest BCUT2D eigenvalue weighted by molar-refractivity contribution is 5.55. The third-order valence-electron chi connectivity index (χ3n) is 3.51. The van der Waals surface area contributed by atoms with Crippen LogP contribution in [0.1, 0.15) is 39.0 Å². The first-order valence-corrected chi connectivity index (χ1v) is 8.23. The zero-order chi connectivity index (χ0) is 15.5. The maximum atomic E-state index is 3.47. The van der Waals surface area contributed by atoms with Gasteiger partial charge < -0.3 is 10.6 Å². The van der Waals surface area contributed by atoms with Gasteiger partial charge in [-0.2, -0.15) is 0 Å². The summed E-state index contributed by atoms with van der Waals surface area (Å²) in [7, 11) is 0. The zero-order valence-corrected chi connectivity index (χ0v) is 13.4. The van der Waals surface area contributed by atoms with Crippen LogP contribution in [0.25, 0.3) is 0 Å². The summed E-state index contributed by atoms with van der Waals surface area (Å²) in [5, 5.41) is 6.94. The number of hydrogen-bond donors (Lipinski definition) is 2. The van der Waals surface area contributed by atoms with Gasteiger partial charge in [0.05, 0.1) is 0 Å². The van der Waals surface area contributed by atoms with Crippen molar-refractivity contribution in [3.8, 4) is 0 Å². The van der Waals surface area contributed by atoms with Gasteiger partial charge in [-0.15, -0.1) is 0 Å². The van der Waals surface area contributed by atoms with Gasteiger partial charge in [0.15, 0.2) is 0 Å². The first-order chi connectivity index (χ1) is 10.9. The Morgan fingerprint density at radius 1 is 0.773 bits per heavy atom. The average molecular weight is 294 g/mol. The van der Waals surface area contributed by atoms with E-state index in [0.717, 1.165) is 23.6 Å². The SMILES string of the molecule is CCCCCCC=C(Nc1ccccc1)Nc1ccccc1. The molecular weight excluding hydrogens is 268 g/mol. The van der Waals surface area contributed by atoms with Gasteiger partial charge in [0.25, 0.3) is 0 Å². The predicted octanol–water partition coefficient (Wildman–Crippen LogP) is 6.02. The minimum Gasteiger partial charge on any atom is -0.342 e. The molecule has 2 aromatic carbocycles. The summed E-state index contributed by atoms with van der Waals surface area (Å²) < 4.78 is 0. The first kappa shape index (κ1) is 16.2. The molecule has 0 aliphatic carbocycles. The van der Waals surface area contributed by atoms with Crippen molar-refractivity contribution in [2.75, 3.05) is 10.6 Å². The molecule has 0 bridgehead atoms. The predicted molar refractivity (Wildman–Crippen MR) is 97.0 cm³/mol. The van der Waals surface area contributed by atoms with Gasteiger partial charge in [0, 0.05) is 11.4 Å². The summed E-state index contributed by atoms with van der Waals surface area (Å²) in [5.74, 6) is 1.05.